The second-order valence-electron chi connectivity index (χ2n) is 8.08. The molecule has 0 heterocycles. The van der Waals surface area contributed by atoms with Crippen LogP contribution in [0.3, 0.4) is 0 Å². The largest absolute Gasteiger partial charge is 0.478 e. The van der Waals surface area contributed by atoms with Gasteiger partial charge in [0.05, 0.1) is 11.1 Å². The van der Waals surface area contributed by atoms with E-state index >= 15 is 0 Å². The van der Waals surface area contributed by atoms with Gasteiger partial charge in [0, 0.05) is 5.69 Å². The highest BCUT2D eigenvalue weighted by atomic mass is 16.6. The van der Waals surface area contributed by atoms with Crippen LogP contribution in [0.15, 0.2) is 72.8 Å². The minimum atomic E-state index is -2.09. The molecule has 1 amide bonds. The van der Waals surface area contributed by atoms with E-state index in [1.54, 1.807) is 42.5 Å². The molecule has 2 N–H and O–H groups in total. The molecule has 0 saturated carbocycles. The van der Waals surface area contributed by atoms with Crippen LogP contribution in [0, 0.1) is 20.8 Å². The number of carbonyl (C=O) groups excluding carboxylic acids is 3. The van der Waals surface area contributed by atoms with Gasteiger partial charge in [-0.3, -0.25) is 4.79 Å². The number of rotatable bonds is 8. The van der Waals surface area contributed by atoms with Crippen LogP contribution in [0.25, 0.3) is 0 Å². The maximum Gasteiger partial charge on any atom is 0.349 e. The third-order valence-corrected chi connectivity index (χ3v) is 5.10. The van der Waals surface area contributed by atoms with E-state index in [1.165, 1.54) is 24.3 Å². The standard InChI is InChI=1S/C27H25NO7/c1-16-7-11-19(12-8-16)26(32)34-22(24(29)28-21-6-4-5-18(3)15-21)23(25(30)31)35-27(33)20-13-9-17(2)10-14-20/h4-15,22-23H,1-3H3,(H,28,29)(H,30,31)/t22-,23-/m0/s1. The molecule has 0 bridgehead atoms. The van der Waals surface area contributed by atoms with Crippen LogP contribution < -0.4 is 5.32 Å². The Morgan fingerprint density at radius 2 is 1.17 bits per heavy atom. The lowest BCUT2D eigenvalue weighted by molar-refractivity contribution is -0.157. The predicted molar refractivity (Wildman–Crippen MR) is 128 cm³/mol. The second kappa shape index (κ2) is 11.1. The highest BCUT2D eigenvalue weighted by Crippen LogP contribution is 2.17. The second-order valence-corrected chi connectivity index (χ2v) is 8.08. The Morgan fingerprint density at radius 3 is 1.63 bits per heavy atom. The van der Waals surface area contributed by atoms with Crippen molar-refractivity contribution in [2.75, 3.05) is 5.32 Å². The number of carbonyl (C=O) groups is 4. The topological polar surface area (TPSA) is 119 Å². The third kappa shape index (κ3) is 6.77. The molecule has 0 aliphatic rings. The van der Waals surface area contributed by atoms with E-state index in [0.29, 0.717) is 5.69 Å². The van der Waals surface area contributed by atoms with Gasteiger partial charge in [0.25, 0.3) is 5.91 Å². The summed E-state index contributed by atoms with van der Waals surface area (Å²) in [6.07, 6.45) is -4.06. The summed E-state index contributed by atoms with van der Waals surface area (Å²) in [5.41, 5.74) is 3.18. The molecule has 0 unspecified atom stereocenters. The fourth-order valence-corrected chi connectivity index (χ4v) is 3.18. The number of nitrogens with one attached hydrogen (secondary N) is 1. The molecule has 8 nitrogen and oxygen atoms in total. The molecule has 0 spiro atoms. The van der Waals surface area contributed by atoms with Crippen LogP contribution in [-0.4, -0.2) is 41.1 Å². The quantitative estimate of drug-likeness (QED) is 0.471. The molecule has 2 atom stereocenters. The molecular formula is C27H25NO7. The van der Waals surface area contributed by atoms with Gasteiger partial charge in [-0.15, -0.1) is 0 Å². The van der Waals surface area contributed by atoms with Crippen LogP contribution in [0.4, 0.5) is 5.69 Å². The van der Waals surface area contributed by atoms with Gasteiger partial charge in [-0.25, -0.2) is 14.4 Å². The number of hydrogen-bond donors (Lipinski definition) is 2. The maximum absolute atomic E-state index is 13.1. The minimum Gasteiger partial charge on any atom is -0.478 e. The summed E-state index contributed by atoms with van der Waals surface area (Å²) >= 11 is 0. The number of hydrogen-bond acceptors (Lipinski definition) is 6. The summed E-state index contributed by atoms with van der Waals surface area (Å²) in [7, 11) is 0. The van der Waals surface area contributed by atoms with Crippen molar-refractivity contribution in [3.63, 3.8) is 0 Å². The Morgan fingerprint density at radius 1 is 0.686 bits per heavy atom. The number of anilines is 1. The molecule has 0 aliphatic carbocycles. The highest BCUT2D eigenvalue weighted by Gasteiger charge is 2.41. The first-order valence-electron chi connectivity index (χ1n) is 10.8. The molecule has 0 radical (unpaired) electrons. The zero-order chi connectivity index (χ0) is 25.5. The molecule has 3 rings (SSSR count). The highest BCUT2D eigenvalue weighted by molar-refractivity contribution is 6.01. The number of aliphatic carboxylic acids is 1. The summed E-state index contributed by atoms with van der Waals surface area (Å²) in [6, 6.07) is 19.3. The normalized spacial score (nSPS) is 12.2. The number of carboxylic acids is 1. The lowest BCUT2D eigenvalue weighted by atomic mass is 10.1. The van der Waals surface area contributed by atoms with Crippen molar-refractivity contribution in [2.45, 2.75) is 33.0 Å². The molecule has 0 aromatic heterocycles. The van der Waals surface area contributed by atoms with Gasteiger partial charge >= 0.3 is 17.9 Å². The minimum absolute atomic E-state index is 0.0875. The molecule has 8 heteroatoms. The maximum atomic E-state index is 13.1. The SMILES string of the molecule is Cc1ccc(C(=O)O[C@H](C(=O)O)[C@H](OC(=O)c2ccc(C)cc2)C(=O)Nc2cccc(C)c2)cc1. The van der Waals surface area contributed by atoms with Crippen molar-refractivity contribution in [1.29, 1.82) is 0 Å². The fraction of sp³-hybridized carbons (Fsp3) is 0.185. The monoisotopic (exact) mass is 475 g/mol. The molecular weight excluding hydrogens is 450 g/mol. The molecule has 3 aromatic rings. The Kier molecular flexibility index (Phi) is 7.99. The van der Waals surface area contributed by atoms with Crippen molar-refractivity contribution in [2.24, 2.45) is 0 Å². The fourth-order valence-electron chi connectivity index (χ4n) is 3.18. The number of esters is 2. The van der Waals surface area contributed by atoms with Gasteiger partial charge in [-0.1, -0.05) is 47.5 Å². The predicted octanol–water partition coefficient (Wildman–Crippen LogP) is 4.09. The van der Waals surface area contributed by atoms with Crippen LogP contribution >= 0.6 is 0 Å². The number of amides is 1. The summed E-state index contributed by atoms with van der Waals surface area (Å²) in [6.45, 7) is 5.47. The molecule has 180 valence electrons. The molecule has 3 aromatic carbocycles. The van der Waals surface area contributed by atoms with Gasteiger partial charge in [0.1, 0.15) is 0 Å². The summed E-state index contributed by atoms with van der Waals surface area (Å²) in [5.74, 6) is -4.52. The summed E-state index contributed by atoms with van der Waals surface area (Å²) in [4.78, 5) is 50.6. The van der Waals surface area contributed by atoms with E-state index in [-0.39, 0.29) is 11.1 Å². The van der Waals surface area contributed by atoms with Crippen LogP contribution in [0.2, 0.25) is 0 Å². The van der Waals surface area contributed by atoms with Crippen molar-refractivity contribution < 1.29 is 33.8 Å². The first-order valence-corrected chi connectivity index (χ1v) is 10.8. The molecule has 0 saturated heterocycles. The van der Waals surface area contributed by atoms with Gasteiger partial charge in [-0.05, 0) is 62.7 Å². The average molecular weight is 475 g/mol. The van der Waals surface area contributed by atoms with E-state index in [9.17, 15) is 24.3 Å². The van der Waals surface area contributed by atoms with Crippen LogP contribution in [0.5, 0.6) is 0 Å². The van der Waals surface area contributed by atoms with Gasteiger partial charge < -0.3 is 19.9 Å². The average Bonchev–Trinajstić information content (AvgIpc) is 2.81. The molecule has 35 heavy (non-hydrogen) atoms. The van der Waals surface area contributed by atoms with Crippen molar-refractivity contribution in [3.05, 3.63) is 101 Å². The smallest absolute Gasteiger partial charge is 0.349 e. The zero-order valence-electron chi connectivity index (χ0n) is 19.5. The van der Waals surface area contributed by atoms with Crippen LogP contribution in [-0.2, 0) is 19.1 Å². The van der Waals surface area contributed by atoms with E-state index in [1.807, 2.05) is 26.8 Å². The Labute approximate surface area is 202 Å². The number of carboxylic acid groups (broad SMARTS) is 1. The van der Waals surface area contributed by atoms with Crippen LogP contribution in [0.1, 0.15) is 37.4 Å². The number of ether oxygens (including phenoxy) is 2. The summed E-state index contributed by atoms with van der Waals surface area (Å²) < 4.78 is 10.5. The summed E-state index contributed by atoms with van der Waals surface area (Å²) in [5, 5.41) is 12.3. The van der Waals surface area contributed by atoms with E-state index in [4.69, 9.17) is 9.47 Å². The zero-order valence-corrected chi connectivity index (χ0v) is 19.5. The third-order valence-electron chi connectivity index (χ3n) is 5.10. The first kappa shape index (κ1) is 25.2. The first-order chi connectivity index (χ1) is 16.6. The Hall–Kier alpha value is -4.46. The van der Waals surface area contributed by atoms with Crippen molar-refractivity contribution >= 4 is 29.5 Å². The molecule has 0 fully saturated rings. The lowest BCUT2D eigenvalue weighted by Gasteiger charge is -2.23. The van der Waals surface area contributed by atoms with Gasteiger partial charge in [-0.2, -0.15) is 0 Å². The number of benzene rings is 3. The van der Waals surface area contributed by atoms with Crippen molar-refractivity contribution in [3.8, 4) is 0 Å². The van der Waals surface area contributed by atoms with Crippen molar-refractivity contribution in [1.82, 2.24) is 0 Å². The number of aryl methyl sites for hydroxylation is 3. The Balaban J connectivity index is 1.90. The van der Waals surface area contributed by atoms with E-state index in [0.717, 1.165) is 16.7 Å². The Bertz CT molecular complexity index is 1230. The van der Waals surface area contributed by atoms with Gasteiger partial charge in [0.2, 0.25) is 12.2 Å². The van der Waals surface area contributed by atoms with Gasteiger partial charge in [0.15, 0.2) is 0 Å². The van der Waals surface area contributed by atoms with E-state index in [2.05, 4.69) is 5.32 Å². The van der Waals surface area contributed by atoms with E-state index < -0.39 is 36.0 Å². The molecule has 0 aliphatic heterocycles. The lowest BCUT2D eigenvalue weighted by Crippen LogP contribution is -2.48.